The second kappa shape index (κ2) is 12.9. The third-order valence-electron chi connectivity index (χ3n) is 3.10. The smallest absolute Gasteiger partial charge is 0.306 e. The van der Waals surface area contributed by atoms with E-state index in [-0.39, 0.29) is 12.1 Å². The van der Waals surface area contributed by atoms with E-state index in [9.17, 15) is 4.79 Å². The van der Waals surface area contributed by atoms with Crippen LogP contribution in [-0.2, 0) is 9.53 Å². The van der Waals surface area contributed by atoms with Gasteiger partial charge in [0.25, 0.3) is 0 Å². The van der Waals surface area contributed by atoms with Crippen LogP contribution in [0.2, 0.25) is 0 Å². The normalized spacial score (nSPS) is 10.9. The molecule has 108 valence electrons. The first-order chi connectivity index (χ1) is 8.66. The van der Waals surface area contributed by atoms with Crippen LogP contribution in [0.15, 0.2) is 0 Å². The number of hydrogen-bond acceptors (Lipinski definition) is 2. The highest BCUT2D eigenvalue weighted by Gasteiger charge is 2.04. The molecule has 0 unspecified atom stereocenters. The SMILES string of the molecule is CCCCCCCCCCCCC(=O)OC(C)C. The minimum atomic E-state index is -0.0374. The number of hydrogen-bond donors (Lipinski definition) is 0. The molecule has 0 spiro atoms. The van der Waals surface area contributed by atoms with Gasteiger partial charge in [0.15, 0.2) is 0 Å². The summed E-state index contributed by atoms with van der Waals surface area (Å²) >= 11 is 0. The lowest BCUT2D eigenvalue weighted by Gasteiger charge is -2.07. The molecule has 0 amide bonds. The van der Waals surface area contributed by atoms with Crippen LogP contribution in [-0.4, -0.2) is 12.1 Å². The summed E-state index contributed by atoms with van der Waals surface area (Å²) in [6.45, 7) is 6.05. The maximum absolute atomic E-state index is 11.3. The van der Waals surface area contributed by atoms with Gasteiger partial charge >= 0.3 is 5.97 Å². The van der Waals surface area contributed by atoms with Gasteiger partial charge in [-0.1, -0.05) is 64.7 Å². The van der Waals surface area contributed by atoms with E-state index in [1.54, 1.807) is 0 Å². The maximum atomic E-state index is 11.3. The largest absolute Gasteiger partial charge is 0.463 e. The fourth-order valence-electron chi connectivity index (χ4n) is 2.08. The molecule has 0 heterocycles. The zero-order valence-electron chi connectivity index (χ0n) is 12.7. The first-order valence-electron chi connectivity index (χ1n) is 7.86. The minimum absolute atomic E-state index is 0.0284. The monoisotopic (exact) mass is 256 g/mol. The Morgan fingerprint density at radius 3 is 1.72 bits per heavy atom. The van der Waals surface area contributed by atoms with Gasteiger partial charge in [0.05, 0.1) is 6.10 Å². The van der Waals surface area contributed by atoms with Crippen molar-refractivity contribution in [3.8, 4) is 0 Å². The molecule has 0 aliphatic carbocycles. The second-order valence-corrected chi connectivity index (χ2v) is 5.47. The summed E-state index contributed by atoms with van der Waals surface area (Å²) in [5, 5.41) is 0. The van der Waals surface area contributed by atoms with Crippen molar-refractivity contribution in [1.29, 1.82) is 0 Å². The summed E-state index contributed by atoms with van der Waals surface area (Å²) in [6.07, 6.45) is 13.6. The summed E-state index contributed by atoms with van der Waals surface area (Å²) in [4.78, 5) is 11.3. The zero-order valence-corrected chi connectivity index (χ0v) is 12.7. The van der Waals surface area contributed by atoms with Crippen molar-refractivity contribution in [3.05, 3.63) is 0 Å². The standard InChI is InChI=1S/C16H32O2/c1-4-5-6-7-8-9-10-11-12-13-14-16(17)18-15(2)3/h15H,4-14H2,1-3H3. The van der Waals surface area contributed by atoms with E-state index in [1.807, 2.05) is 13.8 Å². The zero-order chi connectivity index (χ0) is 13.6. The van der Waals surface area contributed by atoms with E-state index in [0.717, 1.165) is 6.42 Å². The Morgan fingerprint density at radius 1 is 0.833 bits per heavy atom. The lowest BCUT2D eigenvalue weighted by molar-refractivity contribution is -0.147. The molecule has 0 radical (unpaired) electrons. The Balaban J connectivity index is 3.09. The Morgan fingerprint density at radius 2 is 1.28 bits per heavy atom. The van der Waals surface area contributed by atoms with E-state index < -0.39 is 0 Å². The molecule has 0 aromatic carbocycles. The molecule has 0 fully saturated rings. The van der Waals surface area contributed by atoms with Gasteiger partial charge in [-0.05, 0) is 20.3 Å². The number of carbonyl (C=O) groups is 1. The predicted molar refractivity (Wildman–Crippen MR) is 77.7 cm³/mol. The van der Waals surface area contributed by atoms with Crippen LogP contribution >= 0.6 is 0 Å². The van der Waals surface area contributed by atoms with Gasteiger partial charge in [-0.2, -0.15) is 0 Å². The molecule has 0 rings (SSSR count). The van der Waals surface area contributed by atoms with Gasteiger partial charge < -0.3 is 4.74 Å². The van der Waals surface area contributed by atoms with E-state index in [4.69, 9.17) is 4.74 Å². The van der Waals surface area contributed by atoms with Crippen molar-refractivity contribution in [3.63, 3.8) is 0 Å². The van der Waals surface area contributed by atoms with E-state index in [0.29, 0.717) is 6.42 Å². The van der Waals surface area contributed by atoms with Crippen LogP contribution in [0.25, 0.3) is 0 Å². The maximum Gasteiger partial charge on any atom is 0.306 e. The third-order valence-corrected chi connectivity index (χ3v) is 3.10. The quantitative estimate of drug-likeness (QED) is 0.352. The highest BCUT2D eigenvalue weighted by atomic mass is 16.5. The van der Waals surface area contributed by atoms with Crippen molar-refractivity contribution >= 4 is 5.97 Å². The Kier molecular flexibility index (Phi) is 12.5. The molecule has 0 bridgehead atoms. The summed E-state index contributed by atoms with van der Waals surface area (Å²) in [5.74, 6) is -0.0374. The summed E-state index contributed by atoms with van der Waals surface area (Å²) in [5.41, 5.74) is 0. The number of esters is 1. The van der Waals surface area contributed by atoms with Gasteiger partial charge in [0.1, 0.15) is 0 Å². The molecule has 0 aliphatic heterocycles. The molecule has 2 heteroatoms. The average molecular weight is 256 g/mol. The lowest BCUT2D eigenvalue weighted by atomic mass is 10.1. The number of ether oxygens (including phenoxy) is 1. The lowest BCUT2D eigenvalue weighted by Crippen LogP contribution is -2.10. The van der Waals surface area contributed by atoms with Gasteiger partial charge in [0, 0.05) is 6.42 Å². The molecule has 18 heavy (non-hydrogen) atoms. The van der Waals surface area contributed by atoms with Crippen LogP contribution in [0.1, 0.15) is 91.4 Å². The molecule has 0 aromatic heterocycles. The summed E-state index contributed by atoms with van der Waals surface area (Å²) in [7, 11) is 0. The Labute approximate surface area is 113 Å². The first-order valence-corrected chi connectivity index (χ1v) is 7.86. The van der Waals surface area contributed by atoms with Crippen LogP contribution in [0, 0.1) is 0 Å². The second-order valence-electron chi connectivity index (χ2n) is 5.47. The Bertz CT molecular complexity index is 188. The highest BCUT2D eigenvalue weighted by molar-refractivity contribution is 5.69. The highest BCUT2D eigenvalue weighted by Crippen LogP contribution is 2.11. The van der Waals surface area contributed by atoms with Crippen molar-refractivity contribution < 1.29 is 9.53 Å². The number of carbonyl (C=O) groups excluding carboxylic acids is 1. The predicted octanol–water partition coefficient (Wildman–Crippen LogP) is 5.25. The van der Waals surface area contributed by atoms with Crippen molar-refractivity contribution in [2.24, 2.45) is 0 Å². The van der Waals surface area contributed by atoms with Crippen LogP contribution in [0.5, 0.6) is 0 Å². The average Bonchev–Trinajstić information content (AvgIpc) is 2.30. The fourth-order valence-corrected chi connectivity index (χ4v) is 2.08. The molecule has 0 aromatic rings. The summed E-state index contributed by atoms with van der Waals surface area (Å²) in [6, 6.07) is 0. The minimum Gasteiger partial charge on any atom is -0.463 e. The van der Waals surface area contributed by atoms with Gasteiger partial charge in [-0.15, -0.1) is 0 Å². The van der Waals surface area contributed by atoms with Gasteiger partial charge in [0.2, 0.25) is 0 Å². The molecule has 0 saturated heterocycles. The van der Waals surface area contributed by atoms with E-state index in [2.05, 4.69) is 6.92 Å². The topological polar surface area (TPSA) is 26.3 Å². The summed E-state index contributed by atoms with van der Waals surface area (Å²) < 4.78 is 5.09. The van der Waals surface area contributed by atoms with Crippen LogP contribution in [0.4, 0.5) is 0 Å². The Hall–Kier alpha value is -0.530. The van der Waals surface area contributed by atoms with Crippen LogP contribution in [0.3, 0.4) is 0 Å². The van der Waals surface area contributed by atoms with Crippen molar-refractivity contribution in [2.45, 2.75) is 97.5 Å². The third kappa shape index (κ3) is 13.5. The van der Waals surface area contributed by atoms with E-state index in [1.165, 1.54) is 57.8 Å². The number of unbranched alkanes of at least 4 members (excludes halogenated alkanes) is 9. The molecule has 0 aliphatic rings. The van der Waals surface area contributed by atoms with Crippen molar-refractivity contribution in [1.82, 2.24) is 0 Å². The molecule has 0 atom stereocenters. The molecular weight excluding hydrogens is 224 g/mol. The van der Waals surface area contributed by atoms with E-state index >= 15 is 0 Å². The van der Waals surface area contributed by atoms with Crippen molar-refractivity contribution in [2.75, 3.05) is 0 Å². The molecule has 0 N–H and O–H groups in total. The van der Waals surface area contributed by atoms with Gasteiger partial charge in [-0.25, -0.2) is 0 Å². The number of rotatable bonds is 12. The first kappa shape index (κ1) is 17.5. The molecular formula is C16H32O2. The van der Waals surface area contributed by atoms with Gasteiger partial charge in [-0.3, -0.25) is 4.79 Å². The molecule has 2 nitrogen and oxygen atoms in total. The molecule has 0 saturated carbocycles. The fraction of sp³-hybridized carbons (Fsp3) is 0.938. The van der Waals surface area contributed by atoms with Crippen LogP contribution < -0.4 is 0 Å².